The Labute approximate surface area is 170 Å². The summed E-state index contributed by atoms with van der Waals surface area (Å²) in [6.45, 7) is 3.87. The molecule has 0 saturated heterocycles. The molecule has 0 radical (unpaired) electrons. The molecule has 0 atom stereocenters. The number of benzene rings is 3. The zero-order valence-electron chi connectivity index (χ0n) is 15.8. The van der Waals surface area contributed by atoms with Crippen molar-refractivity contribution in [1.82, 2.24) is 5.32 Å². The van der Waals surface area contributed by atoms with Crippen LogP contribution in [0.5, 0.6) is 5.75 Å². The third-order valence-corrected chi connectivity index (χ3v) is 4.83. The molecule has 3 aromatic carbocycles. The molecule has 0 aliphatic heterocycles. The van der Waals surface area contributed by atoms with Crippen LogP contribution in [0.2, 0.25) is 0 Å². The Kier molecular flexibility index (Phi) is 6.06. The van der Waals surface area contributed by atoms with E-state index in [1.807, 2.05) is 74.5 Å². The minimum absolute atomic E-state index is 0.0855. The lowest BCUT2D eigenvalue weighted by Crippen LogP contribution is -2.37. The average Bonchev–Trinajstić information content (AvgIpc) is 2.68. The van der Waals surface area contributed by atoms with E-state index in [9.17, 15) is 9.90 Å². The van der Waals surface area contributed by atoms with Crippen LogP contribution in [0, 0.1) is 13.8 Å². The zero-order chi connectivity index (χ0) is 20.1. The molecule has 3 N–H and O–H groups in total. The summed E-state index contributed by atoms with van der Waals surface area (Å²) in [6.07, 6.45) is 0. The largest absolute Gasteiger partial charge is 0.506 e. The molecule has 142 valence electrons. The molecule has 0 fully saturated rings. The topological polar surface area (TPSA) is 61.4 Å². The molecule has 0 saturated carbocycles. The summed E-state index contributed by atoms with van der Waals surface area (Å²) >= 11 is 5.31. The van der Waals surface area contributed by atoms with Crippen LogP contribution >= 0.6 is 12.2 Å². The maximum absolute atomic E-state index is 13.0. The van der Waals surface area contributed by atoms with Crippen molar-refractivity contribution in [3.05, 3.63) is 95.1 Å². The Balaban J connectivity index is 1.81. The number of nitrogens with one attached hydrogen (secondary N) is 2. The van der Waals surface area contributed by atoms with E-state index in [1.165, 1.54) is 0 Å². The predicted molar refractivity (Wildman–Crippen MR) is 117 cm³/mol. The molecule has 0 aliphatic carbocycles. The van der Waals surface area contributed by atoms with Gasteiger partial charge in [-0.3, -0.25) is 4.79 Å². The van der Waals surface area contributed by atoms with Gasteiger partial charge in [-0.1, -0.05) is 60.7 Å². The summed E-state index contributed by atoms with van der Waals surface area (Å²) in [5.74, 6) is -0.643. The maximum atomic E-state index is 13.0. The lowest BCUT2D eigenvalue weighted by atomic mass is 9.90. The van der Waals surface area contributed by atoms with Crippen molar-refractivity contribution >= 4 is 28.9 Å². The molecular weight excluding hydrogens is 368 g/mol. The van der Waals surface area contributed by atoms with E-state index in [1.54, 1.807) is 12.1 Å². The minimum Gasteiger partial charge on any atom is -0.506 e. The van der Waals surface area contributed by atoms with Crippen LogP contribution < -0.4 is 10.6 Å². The molecule has 4 nitrogen and oxygen atoms in total. The lowest BCUT2D eigenvalue weighted by molar-refractivity contribution is -0.120. The first-order chi connectivity index (χ1) is 13.5. The van der Waals surface area contributed by atoms with Crippen molar-refractivity contribution in [2.75, 3.05) is 5.32 Å². The zero-order valence-corrected chi connectivity index (χ0v) is 16.6. The van der Waals surface area contributed by atoms with Gasteiger partial charge in [-0.05, 0) is 60.5 Å². The summed E-state index contributed by atoms with van der Waals surface area (Å²) in [6, 6.07) is 22.6. The molecule has 28 heavy (non-hydrogen) atoms. The first-order valence-corrected chi connectivity index (χ1v) is 9.38. The SMILES string of the molecule is Cc1cc(O)c(NC(=S)NC(=O)C(c2ccccc2)c2ccccc2)cc1C. The van der Waals surface area contributed by atoms with Crippen molar-refractivity contribution in [2.24, 2.45) is 0 Å². The van der Waals surface area contributed by atoms with Gasteiger partial charge in [0.15, 0.2) is 5.11 Å². The third kappa shape index (κ3) is 4.56. The number of aryl methyl sites for hydroxylation is 2. The normalized spacial score (nSPS) is 10.5. The van der Waals surface area contributed by atoms with Crippen LogP contribution in [0.25, 0.3) is 0 Å². The minimum atomic E-state index is -0.490. The molecule has 0 unspecified atom stereocenters. The van der Waals surface area contributed by atoms with Gasteiger partial charge in [0.05, 0.1) is 11.6 Å². The van der Waals surface area contributed by atoms with Crippen LogP contribution in [-0.2, 0) is 4.79 Å². The standard InChI is InChI=1S/C23H22N2O2S/c1-15-13-19(20(26)14-16(15)2)24-23(28)25-22(27)21(17-9-5-3-6-10-17)18-11-7-4-8-12-18/h3-14,21,26H,1-2H3,(H2,24,25,27,28). The first-order valence-electron chi connectivity index (χ1n) is 8.97. The lowest BCUT2D eigenvalue weighted by Gasteiger charge is -2.19. The number of hydrogen-bond donors (Lipinski definition) is 3. The third-order valence-electron chi connectivity index (χ3n) is 4.62. The van der Waals surface area contributed by atoms with Gasteiger partial charge in [0, 0.05) is 0 Å². The number of anilines is 1. The Bertz CT molecular complexity index is 949. The van der Waals surface area contributed by atoms with E-state index in [2.05, 4.69) is 10.6 Å². The van der Waals surface area contributed by atoms with Crippen LogP contribution in [0.4, 0.5) is 5.69 Å². The fourth-order valence-corrected chi connectivity index (χ4v) is 3.24. The van der Waals surface area contributed by atoms with Gasteiger partial charge >= 0.3 is 0 Å². The van der Waals surface area contributed by atoms with Crippen molar-refractivity contribution in [2.45, 2.75) is 19.8 Å². The number of rotatable bonds is 4. The van der Waals surface area contributed by atoms with Gasteiger partial charge < -0.3 is 15.7 Å². The summed E-state index contributed by atoms with van der Waals surface area (Å²) in [4.78, 5) is 13.0. The highest BCUT2D eigenvalue weighted by Crippen LogP contribution is 2.27. The van der Waals surface area contributed by atoms with Crippen LogP contribution in [0.15, 0.2) is 72.8 Å². The van der Waals surface area contributed by atoms with Gasteiger partial charge in [0.25, 0.3) is 0 Å². The number of hydrogen-bond acceptors (Lipinski definition) is 3. The fraction of sp³-hybridized carbons (Fsp3) is 0.130. The summed E-state index contributed by atoms with van der Waals surface area (Å²) in [5.41, 5.74) is 4.21. The molecule has 0 spiro atoms. The predicted octanol–water partition coefficient (Wildman–Crippen LogP) is 4.65. The van der Waals surface area contributed by atoms with Gasteiger partial charge in [-0.2, -0.15) is 0 Å². The second kappa shape index (κ2) is 8.67. The maximum Gasteiger partial charge on any atom is 0.238 e. The second-order valence-electron chi connectivity index (χ2n) is 6.65. The summed E-state index contributed by atoms with van der Waals surface area (Å²) in [5, 5.41) is 15.9. The summed E-state index contributed by atoms with van der Waals surface area (Å²) in [7, 11) is 0. The molecule has 3 rings (SSSR count). The van der Waals surface area contributed by atoms with Crippen molar-refractivity contribution in [3.8, 4) is 5.75 Å². The Morgan fingerprint density at radius 2 is 1.39 bits per heavy atom. The highest BCUT2D eigenvalue weighted by Gasteiger charge is 2.23. The quantitative estimate of drug-likeness (QED) is 0.448. The number of aromatic hydroxyl groups is 1. The summed E-state index contributed by atoms with van der Waals surface area (Å²) < 4.78 is 0. The van der Waals surface area contributed by atoms with Crippen molar-refractivity contribution < 1.29 is 9.90 Å². The van der Waals surface area contributed by atoms with Crippen LogP contribution in [0.3, 0.4) is 0 Å². The van der Waals surface area contributed by atoms with Gasteiger partial charge in [0.1, 0.15) is 5.75 Å². The second-order valence-corrected chi connectivity index (χ2v) is 7.06. The van der Waals surface area contributed by atoms with Gasteiger partial charge in [0.2, 0.25) is 5.91 Å². The van der Waals surface area contributed by atoms with E-state index in [0.29, 0.717) is 5.69 Å². The number of carbonyl (C=O) groups is 1. The highest BCUT2D eigenvalue weighted by atomic mass is 32.1. The van der Waals surface area contributed by atoms with E-state index >= 15 is 0 Å². The molecular formula is C23H22N2O2S. The molecule has 0 aromatic heterocycles. The molecule has 0 aliphatic rings. The average molecular weight is 391 g/mol. The van der Waals surface area contributed by atoms with E-state index < -0.39 is 5.92 Å². The van der Waals surface area contributed by atoms with E-state index in [4.69, 9.17) is 12.2 Å². The number of thiocarbonyl (C=S) groups is 1. The molecule has 0 bridgehead atoms. The van der Waals surface area contributed by atoms with Gasteiger partial charge in [-0.25, -0.2) is 0 Å². The molecule has 5 heteroatoms. The first kappa shape index (κ1) is 19.6. The number of phenols is 1. The highest BCUT2D eigenvalue weighted by molar-refractivity contribution is 7.80. The van der Waals surface area contributed by atoms with Crippen molar-refractivity contribution in [3.63, 3.8) is 0 Å². The van der Waals surface area contributed by atoms with E-state index in [0.717, 1.165) is 22.3 Å². The van der Waals surface area contributed by atoms with Crippen LogP contribution in [-0.4, -0.2) is 16.1 Å². The van der Waals surface area contributed by atoms with Crippen molar-refractivity contribution in [1.29, 1.82) is 0 Å². The monoisotopic (exact) mass is 390 g/mol. The Morgan fingerprint density at radius 3 is 1.93 bits per heavy atom. The van der Waals surface area contributed by atoms with Crippen LogP contribution in [0.1, 0.15) is 28.2 Å². The van der Waals surface area contributed by atoms with Gasteiger partial charge in [-0.15, -0.1) is 0 Å². The van der Waals surface area contributed by atoms with E-state index in [-0.39, 0.29) is 16.8 Å². The molecule has 0 heterocycles. The fourth-order valence-electron chi connectivity index (χ4n) is 3.02. The number of phenolic OH excluding ortho intramolecular Hbond substituents is 1. The Hall–Kier alpha value is -3.18. The molecule has 1 amide bonds. The molecule has 3 aromatic rings. The number of carbonyl (C=O) groups excluding carboxylic acids is 1. The smallest absolute Gasteiger partial charge is 0.238 e. The Morgan fingerprint density at radius 1 is 0.893 bits per heavy atom. The number of amides is 1.